The Morgan fingerprint density at radius 3 is 2.49 bits per heavy atom. The molecule has 2 heterocycles. The summed E-state index contributed by atoms with van der Waals surface area (Å²) in [6.45, 7) is 1.44. The van der Waals surface area contributed by atoms with E-state index in [0.29, 0.717) is 54.6 Å². The maximum Gasteiger partial charge on any atom is 0.254 e. The van der Waals surface area contributed by atoms with Gasteiger partial charge in [-0.05, 0) is 47.9 Å². The van der Waals surface area contributed by atoms with Crippen molar-refractivity contribution in [2.75, 3.05) is 34.1 Å². The predicted molar refractivity (Wildman–Crippen MR) is 137 cm³/mol. The zero-order valence-electron chi connectivity index (χ0n) is 20.9. The lowest BCUT2D eigenvalue weighted by molar-refractivity contribution is -0.126. The molecule has 1 N–H and O–H groups in total. The Morgan fingerprint density at radius 1 is 0.919 bits per heavy atom. The molecule has 2 amide bonds. The molecule has 192 valence electrons. The molecule has 0 aliphatic carbocycles. The summed E-state index contributed by atoms with van der Waals surface area (Å²) in [6, 6.07) is 20.8. The topological polar surface area (TPSA) is 86.3 Å². The number of hydrogen-bond donors (Lipinski definition) is 1. The highest BCUT2D eigenvalue weighted by atomic mass is 16.7. The molecule has 0 spiro atoms. The van der Waals surface area contributed by atoms with Crippen LogP contribution in [0.2, 0.25) is 0 Å². The Morgan fingerprint density at radius 2 is 1.70 bits per heavy atom. The summed E-state index contributed by atoms with van der Waals surface area (Å²) in [6.07, 6.45) is 0.659. The number of carbonyl (C=O) groups is 2. The molecule has 1 saturated heterocycles. The Hall–Kier alpha value is -4.20. The van der Waals surface area contributed by atoms with Gasteiger partial charge >= 0.3 is 0 Å². The Balaban J connectivity index is 1.33. The van der Waals surface area contributed by atoms with Gasteiger partial charge in [0, 0.05) is 31.1 Å². The van der Waals surface area contributed by atoms with Gasteiger partial charge in [-0.3, -0.25) is 9.59 Å². The van der Waals surface area contributed by atoms with Crippen molar-refractivity contribution in [2.45, 2.75) is 18.9 Å². The van der Waals surface area contributed by atoms with E-state index in [1.54, 1.807) is 37.3 Å². The molecular weight excluding hydrogens is 472 g/mol. The summed E-state index contributed by atoms with van der Waals surface area (Å²) in [5.41, 5.74) is 2.53. The quantitative estimate of drug-likeness (QED) is 0.526. The second-order valence-electron chi connectivity index (χ2n) is 9.23. The number of methoxy groups -OCH3 is 2. The van der Waals surface area contributed by atoms with E-state index in [1.165, 1.54) is 0 Å². The summed E-state index contributed by atoms with van der Waals surface area (Å²) >= 11 is 0. The van der Waals surface area contributed by atoms with Gasteiger partial charge in [0.15, 0.2) is 23.0 Å². The maximum absolute atomic E-state index is 13.6. The number of fused-ring (bicyclic) bond motifs is 1. The van der Waals surface area contributed by atoms with Gasteiger partial charge < -0.3 is 29.2 Å². The van der Waals surface area contributed by atoms with E-state index in [0.717, 1.165) is 11.1 Å². The molecule has 3 aromatic rings. The summed E-state index contributed by atoms with van der Waals surface area (Å²) in [5.74, 6) is 1.90. The summed E-state index contributed by atoms with van der Waals surface area (Å²) in [7, 11) is 3.10. The number of likely N-dealkylation sites (tertiary alicyclic amines) is 1. The molecular formula is C29H30N2O6. The summed E-state index contributed by atoms with van der Waals surface area (Å²) < 4.78 is 21.5. The van der Waals surface area contributed by atoms with Crippen LogP contribution in [-0.2, 0) is 11.3 Å². The van der Waals surface area contributed by atoms with Crippen LogP contribution in [0.5, 0.6) is 23.0 Å². The molecule has 2 aliphatic rings. The molecule has 2 atom stereocenters. The van der Waals surface area contributed by atoms with E-state index in [4.69, 9.17) is 18.9 Å². The fraction of sp³-hybridized carbons (Fsp3) is 0.310. The first-order chi connectivity index (χ1) is 18.1. The number of amides is 2. The lowest BCUT2D eigenvalue weighted by atomic mass is 9.83. The number of ether oxygens (including phenoxy) is 4. The average molecular weight is 503 g/mol. The summed E-state index contributed by atoms with van der Waals surface area (Å²) in [5, 5.41) is 3.05. The smallest absolute Gasteiger partial charge is 0.254 e. The second-order valence-corrected chi connectivity index (χ2v) is 9.23. The number of rotatable bonds is 7. The van der Waals surface area contributed by atoms with Crippen LogP contribution in [0.15, 0.2) is 66.7 Å². The number of nitrogens with zero attached hydrogens (tertiary/aromatic N) is 1. The number of nitrogens with one attached hydrogen (secondary N) is 1. The van der Waals surface area contributed by atoms with Crippen LogP contribution in [0.25, 0.3) is 0 Å². The monoisotopic (exact) mass is 502 g/mol. The van der Waals surface area contributed by atoms with Gasteiger partial charge in [0.2, 0.25) is 12.7 Å². The lowest BCUT2D eigenvalue weighted by Gasteiger charge is -2.37. The molecule has 3 aromatic carbocycles. The third kappa shape index (κ3) is 5.33. The van der Waals surface area contributed by atoms with Crippen molar-refractivity contribution in [1.29, 1.82) is 0 Å². The molecule has 8 heteroatoms. The fourth-order valence-corrected chi connectivity index (χ4v) is 4.96. The molecule has 37 heavy (non-hydrogen) atoms. The van der Waals surface area contributed by atoms with Crippen LogP contribution in [0.4, 0.5) is 0 Å². The van der Waals surface area contributed by atoms with Gasteiger partial charge in [0.25, 0.3) is 5.91 Å². The van der Waals surface area contributed by atoms with Gasteiger partial charge in [-0.25, -0.2) is 0 Å². The number of carbonyl (C=O) groups excluding carboxylic acids is 2. The van der Waals surface area contributed by atoms with Crippen LogP contribution >= 0.6 is 0 Å². The summed E-state index contributed by atoms with van der Waals surface area (Å²) in [4.78, 5) is 28.7. The maximum atomic E-state index is 13.6. The van der Waals surface area contributed by atoms with Crippen molar-refractivity contribution in [3.05, 3.63) is 83.4 Å². The fourth-order valence-electron chi connectivity index (χ4n) is 4.96. The van der Waals surface area contributed by atoms with Gasteiger partial charge in [-0.1, -0.05) is 36.4 Å². The van der Waals surface area contributed by atoms with Gasteiger partial charge in [-0.15, -0.1) is 0 Å². The third-order valence-corrected chi connectivity index (χ3v) is 6.91. The highest BCUT2D eigenvalue weighted by molar-refractivity contribution is 5.95. The van der Waals surface area contributed by atoms with Crippen LogP contribution in [0.3, 0.4) is 0 Å². The highest BCUT2D eigenvalue weighted by Gasteiger charge is 2.35. The van der Waals surface area contributed by atoms with Crippen molar-refractivity contribution in [3.8, 4) is 23.0 Å². The number of benzene rings is 3. The molecule has 8 nitrogen and oxygen atoms in total. The Labute approximate surface area is 216 Å². The lowest BCUT2D eigenvalue weighted by Crippen LogP contribution is -2.48. The van der Waals surface area contributed by atoms with Crippen LogP contribution in [0.1, 0.15) is 33.8 Å². The zero-order valence-corrected chi connectivity index (χ0v) is 20.9. The van der Waals surface area contributed by atoms with E-state index >= 15 is 0 Å². The standard InChI is InChI=1S/C29H30N2O6/c1-34-24-11-9-21(14-26(24)35-2)29(33)31-16-22(20-6-4-3-5-7-20)13-23(17-31)28(32)30-15-19-8-10-25-27(12-19)37-18-36-25/h3-12,14,22-23H,13,15-18H2,1-2H3,(H,30,32). The third-order valence-electron chi connectivity index (χ3n) is 6.91. The van der Waals surface area contributed by atoms with Crippen molar-refractivity contribution >= 4 is 11.8 Å². The Kier molecular flexibility index (Phi) is 7.16. The van der Waals surface area contributed by atoms with Crippen molar-refractivity contribution in [1.82, 2.24) is 10.2 Å². The molecule has 1 fully saturated rings. The number of piperidine rings is 1. The molecule has 2 aliphatic heterocycles. The predicted octanol–water partition coefficient (Wildman–Crippen LogP) is 3.99. The minimum Gasteiger partial charge on any atom is -0.493 e. The minimum atomic E-state index is -0.350. The van der Waals surface area contributed by atoms with Crippen molar-refractivity contribution in [3.63, 3.8) is 0 Å². The van der Waals surface area contributed by atoms with Gasteiger partial charge in [0.1, 0.15) is 0 Å². The highest BCUT2D eigenvalue weighted by Crippen LogP contribution is 2.34. The van der Waals surface area contributed by atoms with E-state index < -0.39 is 0 Å². The van der Waals surface area contributed by atoms with Crippen molar-refractivity contribution in [2.24, 2.45) is 5.92 Å². The first-order valence-corrected chi connectivity index (χ1v) is 12.3. The first-order valence-electron chi connectivity index (χ1n) is 12.3. The van der Waals surface area contributed by atoms with Crippen LogP contribution < -0.4 is 24.3 Å². The van der Waals surface area contributed by atoms with E-state index in [9.17, 15) is 9.59 Å². The van der Waals surface area contributed by atoms with Crippen molar-refractivity contribution < 1.29 is 28.5 Å². The van der Waals surface area contributed by atoms with E-state index in [-0.39, 0.29) is 30.4 Å². The van der Waals surface area contributed by atoms with Gasteiger partial charge in [0.05, 0.1) is 20.1 Å². The molecule has 2 unspecified atom stereocenters. The zero-order chi connectivity index (χ0) is 25.8. The molecule has 5 rings (SSSR count). The van der Waals surface area contributed by atoms with E-state index in [2.05, 4.69) is 17.4 Å². The molecule has 0 saturated carbocycles. The van der Waals surface area contributed by atoms with E-state index in [1.807, 2.05) is 36.4 Å². The normalized spacial score (nSPS) is 18.3. The first kappa shape index (κ1) is 24.5. The number of hydrogen-bond acceptors (Lipinski definition) is 6. The van der Waals surface area contributed by atoms with Crippen LogP contribution in [0, 0.1) is 5.92 Å². The SMILES string of the molecule is COc1ccc(C(=O)N2CC(C(=O)NCc3ccc4c(c3)OCO4)CC(c3ccccc3)C2)cc1OC. The average Bonchev–Trinajstić information content (AvgIpc) is 3.43. The minimum absolute atomic E-state index is 0.0420. The molecule has 0 bridgehead atoms. The van der Waals surface area contributed by atoms with Crippen LogP contribution in [-0.4, -0.2) is 50.8 Å². The largest absolute Gasteiger partial charge is 0.493 e. The molecule has 0 aromatic heterocycles. The molecule has 0 radical (unpaired) electrons. The Bertz CT molecular complexity index is 1280. The van der Waals surface area contributed by atoms with Gasteiger partial charge in [-0.2, -0.15) is 0 Å². The second kappa shape index (κ2) is 10.8.